The van der Waals surface area contributed by atoms with E-state index in [9.17, 15) is 0 Å². The zero-order chi connectivity index (χ0) is 16.3. The van der Waals surface area contributed by atoms with Crippen molar-refractivity contribution in [2.75, 3.05) is 64.9 Å². The van der Waals surface area contributed by atoms with E-state index in [1.807, 2.05) is 0 Å². The first-order valence-electron chi connectivity index (χ1n) is 9.01. The molecule has 0 unspecified atom stereocenters. The highest BCUT2D eigenvalue weighted by atomic mass is 16.5. The summed E-state index contributed by atoms with van der Waals surface area (Å²) >= 11 is 0. The van der Waals surface area contributed by atoms with Crippen molar-refractivity contribution in [3.8, 4) is 5.75 Å². The topological polar surface area (TPSA) is 49.0 Å². The highest BCUT2D eigenvalue weighted by Gasteiger charge is 2.46. The van der Waals surface area contributed by atoms with Crippen molar-refractivity contribution in [3.05, 3.63) is 24.3 Å². The average molecular weight is 321 g/mol. The minimum absolute atomic E-state index is 0.436. The molecule has 2 heterocycles. The molecule has 2 saturated heterocycles. The lowest BCUT2D eigenvalue weighted by molar-refractivity contribution is -0.981. The Kier molecular flexibility index (Phi) is 5.09. The van der Waals surface area contributed by atoms with Gasteiger partial charge < -0.3 is 25.2 Å². The maximum Gasteiger partial charge on any atom is 0.158 e. The molecule has 5 nitrogen and oxygen atoms in total. The van der Waals surface area contributed by atoms with Crippen molar-refractivity contribution in [2.24, 2.45) is 0 Å². The highest BCUT2D eigenvalue weighted by Crippen LogP contribution is 2.19. The minimum atomic E-state index is 0.436. The Morgan fingerprint density at radius 3 is 2.22 bits per heavy atom. The molecule has 0 aliphatic carbocycles. The van der Waals surface area contributed by atoms with Gasteiger partial charge in [-0.25, -0.2) is 0 Å². The van der Waals surface area contributed by atoms with Gasteiger partial charge in [0.2, 0.25) is 0 Å². The Labute approximate surface area is 140 Å². The lowest BCUT2D eigenvalue weighted by atomic mass is 9.85. The Morgan fingerprint density at radius 2 is 1.70 bits per heavy atom. The summed E-state index contributed by atoms with van der Waals surface area (Å²) in [7, 11) is 4.04. The SMILES string of the molecule is COc1ccc(N2CC[NH+](C3(C[NH3+])CC[NH+](C)CC3)CC2)cc1. The standard InChI is InChI=1S/C18H30N4O/c1-20-9-7-18(15-19,8-10-20)22-13-11-21(12-14-22)16-3-5-17(23-2)6-4-16/h3-6H,7-15,19H2,1-2H3/p+3. The van der Waals surface area contributed by atoms with E-state index in [-0.39, 0.29) is 0 Å². The number of benzene rings is 1. The van der Waals surface area contributed by atoms with Crippen LogP contribution in [-0.2, 0) is 0 Å². The normalized spacial score (nSPS) is 29.5. The summed E-state index contributed by atoms with van der Waals surface area (Å²) in [5.41, 5.74) is 6.08. The Balaban J connectivity index is 1.60. The quantitative estimate of drug-likeness (QED) is 0.584. The lowest BCUT2D eigenvalue weighted by Crippen LogP contribution is -3.26. The monoisotopic (exact) mass is 321 g/mol. The van der Waals surface area contributed by atoms with Gasteiger partial charge in [0.05, 0.1) is 66.3 Å². The van der Waals surface area contributed by atoms with Crippen LogP contribution in [0.1, 0.15) is 12.8 Å². The van der Waals surface area contributed by atoms with E-state index >= 15 is 0 Å². The van der Waals surface area contributed by atoms with Crippen LogP contribution in [0.4, 0.5) is 5.69 Å². The average Bonchev–Trinajstić information content (AvgIpc) is 2.63. The maximum atomic E-state index is 5.26. The number of methoxy groups -OCH3 is 1. The molecule has 0 amide bonds. The van der Waals surface area contributed by atoms with Crippen LogP contribution in [0.3, 0.4) is 0 Å². The molecule has 0 bridgehead atoms. The van der Waals surface area contributed by atoms with Crippen LogP contribution in [0.2, 0.25) is 0 Å². The molecule has 2 fully saturated rings. The lowest BCUT2D eigenvalue weighted by Gasteiger charge is -2.45. The molecule has 1 aromatic carbocycles. The Morgan fingerprint density at radius 1 is 1.09 bits per heavy atom. The van der Waals surface area contributed by atoms with Gasteiger partial charge in [0.1, 0.15) is 12.3 Å². The number of anilines is 1. The van der Waals surface area contributed by atoms with Gasteiger partial charge in [0.25, 0.3) is 0 Å². The summed E-state index contributed by atoms with van der Waals surface area (Å²) in [6.45, 7) is 8.46. The second-order valence-electron chi connectivity index (χ2n) is 7.28. The summed E-state index contributed by atoms with van der Waals surface area (Å²) in [4.78, 5) is 6.00. The van der Waals surface area contributed by atoms with E-state index in [2.05, 4.69) is 41.9 Å². The van der Waals surface area contributed by atoms with Crippen molar-refractivity contribution in [1.29, 1.82) is 0 Å². The van der Waals surface area contributed by atoms with Crippen molar-refractivity contribution in [1.82, 2.24) is 0 Å². The number of hydrogen-bond donors (Lipinski definition) is 3. The predicted octanol–water partition coefficient (Wildman–Crippen LogP) is -2.31. The second-order valence-corrected chi connectivity index (χ2v) is 7.28. The fourth-order valence-electron chi connectivity index (χ4n) is 4.29. The molecule has 0 saturated carbocycles. The molecule has 5 N–H and O–H groups in total. The van der Waals surface area contributed by atoms with Crippen LogP contribution in [0.5, 0.6) is 5.75 Å². The van der Waals surface area contributed by atoms with Crippen LogP contribution >= 0.6 is 0 Å². The minimum Gasteiger partial charge on any atom is -0.497 e. The third-order valence-corrected chi connectivity index (χ3v) is 6.09. The third-order valence-electron chi connectivity index (χ3n) is 6.09. The van der Waals surface area contributed by atoms with E-state index in [1.165, 1.54) is 44.7 Å². The molecule has 0 spiro atoms. The van der Waals surface area contributed by atoms with Crippen LogP contribution in [0.15, 0.2) is 24.3 Å². The van der Waals surface area contributed by atoms with Gasteiger partial charge >= 0.3 is 0 Å². The number of quaternary nitrogens is 3. The van der Waals surface area contributed by atoms with Gasteiger partial charge in [-0.05, 0) is 24.3 Å². The molecule has 0 atom stereocenters. The van der Waals surface area contributed by atoms with E-state index < -0.39 is 0 Å². The first-order chi connectivity index (χ1) is 11.2. The number of rotatable bonds is 4. The molecule has 0 aromatic heterocycles. The van der Waals surface area contributed by atoms with Crippen molar-refractivity contribution in [2.45, 2.75) is 18.4 Å². The van der Waals surface area contributed by atoms with Gasteiger partial charge in [0.15, 0.2) is 5.54 Å². The molecular formula is C18H33N4O+3. The Bertz CT molecular complexity index is 488. The van der Waals surface area contributed by atoms with Crippen LogP contribution in [0.25, 0.3) is 0 Å². The molecule has 2 aliphatic rings. The fourth-order valence-corrected chi connectivity index (χ4v) is 4.29. The smallest absolute Gasteiger partial charge is 0.158 e. The Hall–Kier alpha value is -1.30. The summed E-state index contributed by atoms with van der Waals surface area (Å²) < 4.78 is 5.26. The molecule has 23 heavy (non-hydrogen) atoms. The zero-order valence-corrected chi connectivity index (χ0v) is 14.7. The van der Waals surface area contributed by atoms with Crippen LogP contribution in [-0.4, -0.2) is 65.5 Å². The summed E-state index contributed by atoms with van der Waals surface area (Å²) in [5.74, 6) is 0.933. The number of nitrogens with one attached hydrogen (secondary N) is 2. The second kappa shape index (κ2) is 7.07. The third kappa shape index (κ3) is 3.47. The van der Waals surface area contributed by atoms with Gasteiger partial charge in [-0.15, -0.1) is 0 Å². The van der Waals surface area contributed by atoms with Gasteiger partial charge in [0, 0.05) is 5.69 Å². The summed E-state index contributed by atoms with van der Waals surface area (Å²) in [6, 6.07) is 8.48. The molecule has 2 aliphatic heterocycles. The molecular weight excluding hydrogens is 288 g/mol. The van der Waals surface area contributed by atoms with Crippen molar-refractivity contribution < 1.29 is 20.3 Å². The van der Waals surface area contributed by atoms with E-state index in [0.717, 1.165) is 25.4 Å². The maximum absolute atomic E-state index is 5.26. The van der Waals surface area contributed by atoms with Crippen LogP contribution < -0.4 is 25.2 Å². The number of hydrogen-bond acceptors (Lipinski definition) is 2. The number of ether oxygens (including phenoxy) is 1. The number of nitrogens with zero attached hydrogens (tertiary/aromatic N) is 1. The predicted molar refractivity (Wildman–Crippen MR) is 92.2 cm³/mol. The van der Waals surface area contributed by atoms with E-state index in [1.54, 1.807) is 16.9 Å². The first kappa shape index (κ1) is 16.6. The number of piperazine rings is 1. The molecule has 3 rings (SSSR count). The number of piperidine rings is 1. The number of likely N-dealkylation sites (tertiary alicyclic amines) is 1. The first-order valence-corrected chi connectivity index (χ1v) is 9.01. The summed E-state index contributed by atoms with van der Waals surface area (Å²) in [6.07, 6.45) is 2.67. The molecule has 0 radical (unpaired) electrons. The van der Waals surface area contributed by atoms with E-state index in [0.29, 0.717) is 5.54 Å². The fraction of sp³-hybridized carbons (Fsp3) is 0.667. The van der Waals surface area contributed by atoms with Crippen LogP contribution in [0, 0.1) is 0 Å². The van der Waals surface area contributed by atoms with Gasteiger partial charge in [-0.3, -0.25) is 0 Å². The largest absolute Gasteiger partial charge is 0.497 e. The van der Waals surface area contributed by atoms with Crippen molar-refractivity contribution in [3.63, 3.8) is 0 Å². The van der Waals surface area contributed by atoms with Gasteiger partial charge in [-0.2, -0.15) is 0 Å². The van der Waals surface area contributed by atoms with Crippen molar-refractivity contribution >= 4 is 5.69 Å². The van der Waals surface area contributed by atoms with Gasteiger partial charge in [-0.1, -0.05) is 0 Å². The molecule has 128 valence electrons. The zero-order valence-electron chi connectivity index (χ0n) is 14.7. The molecule has 5 heteroatoms. The summed E-state index contributed by atoms with van der Waals surface area (Å²) in [5, 5.41) is 0. The molecule has 1 aromatic rings. The van der Waals surface area contributed by atoms with E-state index in [4.69, 9.17) is 4.74 Å². The highest BCUT2D eigenvalue weighted by molar-refractivity contribution is 5.49.